The zero-order valence-electron chi connectivity index (χ0n) is 8.80. The molecule has 0 aliphatic heterocycles. The van der Waals surface area contributed by atoms with Gasteiger partial charge in [0, 0.05) is 5.56 Å². The minimum absolute atomic E-state index is 0.271. The molecule has 15 heavy (non-hydrogen) atoms. The molecule has 78 valence electrons. The molecule has 1 aromatic carbocycles. The minimum Gasteiger partial charge on any atom is -0.496 e. The van der Waals surface area contributed by atoms with Crippen LogP contribution in [0.3, 0.4) is 0 Å². The van der Waals surface area contributed by atoms with E-state index in [4.69, 9.17) is 10.00 Å². The average molecular weight is 205 g/mol. The van der Waals surface area contributed by atoms with Crippen LogP contribution in [0.25, 0.3) is 0 Å². The first-order valence-corrected chi connectivity index (χ1v) is 4.89. The topological polar surface area (TPSA) is 33.0 Å². The number of halogens is 1. The molecule has 3 heteroatoms. The molecule has 0 aromatic heterocycles. The summed E-state index contributed by atoms with van der Waals surface area (Å²) in [5, 5.41) is 9.06. The molecular formula is C12H12FNO. The lowest BCUT2D eigenvalue weighted by Gasteiger charge is -2.13. The van der Waals surface area contributed by atoms with Crippen molar-refractivity contribution in [3.8, 4) is 11.8 Å². The molecule has 1 aromatic rings. The van der Waals surface area contributed by atoms with Gasteiger partial charge < -0.3 is 4.74 Å². The van der Waals surface area contributed by atoms with Crippen LogP contribution < -0.4 is 4.74 Å². The second kappa shape index (κ2) is 3.23. The standard InChI is InChI=1S/C12H12FNO/c1-8-5-11(15-2)9(6-10(8)13)12(7-14)3-4-12/h5-6H,3-4H2,1-2H3. The number of ether oxygens (including phenoxy) is 1. The third kappa shape index (κ3) is 1.46. The first-order valence-electron chi connectivity index (χ1n) is 4.89. The number of rotatable bonds is 2. The molecular weight excluding hydrogens is 193 g/mol. The molecule has 1 aliphatic rings. The van der Waals surface area contributed by atoms with Gasteiger partial charge in [-0.3, -0.25) is 0 Å². The molecule has 2 rings (SSSR count). The number of aryl methyl sites for hydroxylation is 1. The largest absolute Gasteiger partial charge is 0.496 e. The van der Waals surface area contributed by atoms with Crippen LogP contribution in [0.1, 0.15) is 24.0 Å². The second-order valence-corrected chi connectivity index (χ2v) is 4.00. The fourth-order valence-electron chi connectivity index (χ4n) is 1.76. The average Bonchev–Trinajstić information content (AvgIpc) is 3.02. The van der Waals surface area contributed by atoms with Crippen LogP contribution >= 0.6 is 0 Å². The maximum Gasteiger partial charge on any atom is 0.126 e. The number of methoxy groups -OCH3 is 1. The third-order valence-corrected chi connectivity index (χ3v) is 2.96. The lowest BCUT2D eigenvalue weighted by molar-refractivity contribution is 0.405. The summed E-state index contributed by atoms with van der Waals surface area (Å²) in [4.78, 5) is 0. The van der Waals surface area contributed by atoms with Crippen molar-refractivity contribution >= 4 is 0 Å². The molecule has 0 atom stereocenters. The van der Waals surface area contributed by atoms with E-state index in [0.29, 0.717) is 16.9 Å². The third-order valence-electron chi connectivity index (χ3n) is 2.96. The highest BCUT2D eigenvalue weighted by Crippen LogP contribution is 2.51. The van der Waals surface area contributed by atoms with Crippen LogP contribution in [0.15, 0.2) is 12.1 Å². The van der Waals surface area contributed by atoms with Crippen molar-refractivity contribution in [2.75, 3.05) is 7.11 Å². The zero-order chi connectivity index (χ0) is 11.1. The first kappa shape index (κ1) is 9.97. The maximum atomic E-state index is 13.4. The van der Waals surface area contributed by atoms with Crippen molar-refractivity contribution < 1.29 is 9.13 Å². The van der Waals surface area contributed by atoms with Crippen LogP contribution in [-0.4, -0.2) is 7.11 Å². The summed E-state index contributed by atoms with van der Waals surface area (Å²) in [5.74, 6) is 0.347. The number of nitrogens with zero attached hydrogens (tertiary/aromatic N) is 1. The molecule has 0 amide bonds. The summed E-state index contributed by atoms with van der Waals surface area (Å²) >= 11 is 0. The number of benzene rings is 1. The highest BCUT2D eigenvalue weighted by Gasteiger charge is 2.47. The van der Waals surface area contributed by atoms with Crippen LogP contribution in [-0.2, 0) is 5.41 Å². The van der Waals surface area contributed by atoms with Gasteiger partial charge in [-0.15, -0.1) is 0 Å². The predicted octanol–water partition coefficient (Wildman–Crippen LogP) is 2.70. The predicted molar refractivity (Wildman–Crippen MR) is 54.2 cm³/mol. The van der Waals surface area contributed by atoms with E-state index in [-0.39, 0.29) is 5.82 Å². The Balaban J connectivity index is 2.56. The van der Waals surface area contributed by atoms with Gasteiger partial charge in [0.2, 0.25) is 0 Å². The van der Waals surface area contributed by atoms with Crippen molar-refractivity contribution in [2.45, 2.75) is 25.2 Å². The fourth-order valence-corrected chi connectivity index (χ4v) is 1.76. The Bertz CT molecular complexity index is 444. The van der Waals surface area contributed by atoms with E-state index < -0.39 is 5.41 Å². The van der Waals surface area contributed by atoms with Gasteiger partial charge in [-0.1, -0.05) is 0 Å². The Morgan fingerprint density at radius 2 is 2.13 bits per heavy atom. The van der Waals surface area contributed by atoms with E-state index in [1.807, 2.05) is 0 Å². The Hall–Kier alpha value is -1.56. The number of hydrogen-bond donors (Lipinski definition) is 0. The van der Waals surface area contributed by atoms with Crippen LogP contribution in [0.4, 0.5) is 4.39 Å². The van der Waals surface area contributed by atoms with Gasteiger partial charge in [-0.2, -0.15) is 5.26 Å². The van der Waals surface area contributed by atoms with Crippen molar-refractivity contribution in [2.24, 2.45) is 0 Å². The Morgan fingerprint density at radius 3 is 2.60 bits per heavy atom. The van der Waals surface area contributed by atoms with Gasteiger partial charge in [0.1, 0.15) is 11.6 Å². The molecule has 0 saturated heterocycles. The van der Waals surface area contributed by atoms with Gasteiger partial charge in [0.05, 0.1) is 18.6 Å². The number of nitriles is 1. The van der Waals surface area contributed by atoms with Crippen LogP contribution in [0.5, 0.6) is 5.75 Å². The molecule has 0 N–H and O–H groups in total. The Labute approximate surface area is 88.3 Å². The van der Waals surface area contributed by atoms with Crippen LogP contribution in [0, 0.1) is 24.1 Å². The summed E-state index contributed by atoms with van der Waals surface area (Å²) in [5.41, 5.74) is 0.736. The van der Waals surface area contributed by atoms with E-state index >= 15 is 0 Å². The maximum absolute atomic E-state index is 13.4. The summed E-state index contributed by atoms with van der Waals surface area (Å²) in [6.45, 7) is 1.69. The molecule has 2 nitrogen and oxygen atoms in total. The quantitative estimate of drug-likeness (QED) is 0.743. The SMILES string of the molecule is COc1cc(C)c(F)cc1C1(C#N)CC1. The van der Waals surface area contributed by atoms with Gasteiger partial charge in [-0.05, 0) is 37.5 Å². The van der Waals surface area contributed by atoms with Gasteiger partial charge in [0.15, 0.2) is 0 Å². The molecule has 0 spiro atoms. The summed E-state index contributed by atoms with van der Waals surface area (Å²) in [6.07, 6.45) is 1.59. The molecule has 0 unspecified atom stereocenters. The Kier molecular flexibility index (Phi) is 2.15. The molecule has 1 saturated carbocycles. The normalized spacial score (nSPS) is 16.9. The number of hydrogen-bond acceptors (Lipinski definition) is 2. The smallest absolute Gasteiger partial charge is 0.126 e. The van der Waals surface area contributed by atoms with Crippen molar-refractivity contribution in [1.82, 2.24) is 0 Å². The highest BCUT2D eigenvalue weighted by molar-refractivity contribution is 5.49. The lowest BCUT2D eigenvalue weighted by atomic mass is 9.95. The van der Waals surface area contributed by atoms with Crippen molar-refractivity contribution in [3.63, 3.8) is 0 Å². The van der Waals surface area contributed by atoms with E-state index in [2.05, 4.69) is 6.07 Å². The van der Waals surface area contributed by atoms with E-state index in [1.165, 1.54) is 6.07 Å². The molecule has 0 radical (unpaired) electrons. The van der Waals surface area contributed by atoms with Crippen molar-refractivity contribution in [3.05, 3.63) is 29.1 Å². The van der Waals surface area contributed by atoms with Crippen molar-refractivity contribution in [1.29, 1.82) is 5.26 Å². The zero-order valence-corrected chi connectivity index (χ0v) is 8.80. The van der Waals surface area contributed by atoms with E-state index in [1.54, 1.807) is 20.1 Å². The summed E-state index contributed by atoms with van der Waals surface area (Å²) < 4.78 is 18.6. The Morgan fingerprint density at radius 1 is 1.47 bits per heavy atom. The lowest BCUT2D eigenvalue weighted by Crippen LogP contribution is -2.06. The molecule has 0 heterocycles. The molecule has 1 fully saturated rings. The molecule has 1 aliphatic carbocycles. The van der Waals surface area contributed by atoms with Gasteiger partial charge in [0.25, 0.3) is 0 Å². The molecule has 0 bridgehead atoms. The summed E-state index contributed by atoms with van der Waals surface area (Å²) in [7, 11) is 1.55. The van der Waals surface area contributed by atoms with Gasteiger partial charge >= 0.3 is 0 Å². The van der Waals surface area contributed by atoms with Crippen LogP contribution in [0.2, 0.25) is 0 Å². The fraction of sp³-hybridized carbons (Fsp3) is 0.417. The monoisotopic (exact) mass is 205 g/mol. The van der Waals surface area contributed by atoms with E-state index in [0.717, 1.165) is 12.8 Å². The van der Waals surface area contributed by atoms with Gasteiger partial charge in [-0.25, -0.2) is 4.39 Å². The highest BCUT2D eigenvalue weighted by atomic mass is 19.1. The van der Waals surface area contributed by atoms with E-state index in [9.17, 15) is 4.39 Å². The minimum atomic E-state index is -0.500. The summed E-state index contributed by atoms with van der Waals surface area (Å²) in [6, 6.07) is 5.33. The second-order valence-electron chi connectivity index (χ2n) is 4.00. The first-order chi connectivity index (χ1) is 7.13.